The van der Waals surface area contributed by atoms with Gasteiger partial charge in [0.25, 0.3) is 0 Å². The summed E-state index contributed by atoms with van der Waals surface area (Å²) < 4.78 is 0.597. The molecule has 106 valence electrons. The Morgan fingerprint density at radius 3 is 2.80 bits per heavy atom. The van der Waals surface area contributed by atoms with Crippen molar-refractivity contribution < 1.29 is 0 Å². The van der Waals surface area contributed by atoms with Gasteiger partial charge in [-0.1, -0.05) is 0 Å². The first kappa shape index (κ1) is 15.8. The number of aliphatic imine (C=N–C) groups is 1. The van der Waals surface area contributed by atoms with Crippen molar-refractivity contribution in [3.05, 3.63) is 29.0 Å². The summed E-state index contributed by atoms with van der Waals surface area (Å²) in [5.74, 6) is 1.29. The van der Waals surface area contributed by atoms with Crippen molar-refractivity contribution in [2.75, 3.05) is 30.0 Å². The van der Waals surface area contributed by atoms with E-state index in [1.165, 1.54) is 6.21 Å². The molecular weight excluding hydrogens is 322 g/mol. The summed E-state index contributed by atoms with van der Waals surface area (Å²) in [7, 11) is 3.48. The molecule has 0 amide bonds. The fourth-order valence-corrected chi connectivity index (χ4v) is 1.70. The third-order valence-corrected chi connectivity index (χ3v) is 2.90. The SMILES string of the molecule is CN=C/C=C\Nc1nc(N)c(Br)c(N(C)/C=C\C=N)n1. The van der Waals surface area contributed by atoms with E-state index in [2.05, 4.69) is 36.2 Å². The van der Waals surface area contributed by atoms with Crippen molar-refractivity contribution in [1.82, 2.24) is 9.97 Å². The van der Waals surface area contributed by atoms with Crippen LogP contribution in [0.25, 0.3) is 0 Å². The van der Waals surface area contributed by atoms with E-state index >= 15 is 0 Å². The van der Waals surface area contributed by atoms with Crippen LogP contribution in [0, 0.1) is 5.41 Å². The molecule has 1 aromatic heterocycles. The number of nitrogens with two attached hydrogens (primary N) is 1. The summed E-state index contributed by atoms with van der Waals surface area (Å²) in [5, 5.41) is 9.89. The summed E-state index contributed by atoms with van der Waals surface area (Å²) in [4.78, 5) is 14.0. The number of aromatic nitrogens is 2. The molecule has 7 nitrogen and oxygen atoms in total. The highest BCUT2D eigenvalue weighted by Crippen LogP contribution is 2.29. The molecule has 1 heterocycles. The van der Waals surface area contributed by atoms with Gasteiger partial charge in [0.2, 0.25) is 5.95 Å². The van der Waals surface area contributed by atoms with Gasteiger partial charge >= 0.3 is 0 Å². The van der Waals surface area contributed by atoms with Crippen molar-refractivity contribution in [2.45, 2.75) is 0 Å². The second-order valence-electron chi connectivity index (χ2n) is 3.60. The number of anilines is 3. The Hall–Kier alpha value is -2.22. The van der Waals surface area contributed by atoms with Crippen LogP contribution in [0.15, 0.2) is 34.0 Å². The van der Waals surface area contributed by atoms with Crippen LogP contribution in [-0.2, 0) is 0 Å². The zero-order valence-corrected chi connectivity index (χ0v) is 12.8. The lowest BCUT2D eigenvalue weighted by Crippen LogP contribution is -2.13. The number of halogens is 1. The van der Waals surface area contributed by atoms with Crippen LogP contribution in [-0.4, -0.2) is 36.5 Å². The van der Waals surface area contributed by atoms with Gasteiger partial charge < -0.3 is 21.4 Å². The number of hydrogen-bond acceptors (Lipinski definition) is 7. The molecule has 0 unspecified atom stereocenters. The van der Waals surface area contributed by atoms with Gasteiger partial charge in [-0.15, -0.1) is 0 Å². The van der Waals surface area contributed by atoms with E-state index in [4.69, 9.17) is 11.1 Å². The van der Waals surface area contributed by atoms with Gasteiger partial charge in [-0.3, -0.25) is 4.99 Å². The molecule has 0 aliphatic carbocycles. The number of nitrogens with zero attached hydrogens (tertiary/aromatic N) is 4. The molecule has 0 fully saturated rings. The minimum Gasteiger partial charge on any atom is -0.383 e. The molecule has 0 aliphatic rings. The maximum absolute atomic E-state index is 6.99. The zero-order chi connectivity index (χ0) is 15.0. The van der Waals surface area contributed by atoms with Crippen LogP contribution in [0.4, 0.5) is 17.6 Å². The first-order chi connectivity index (χ1) is 9.60. The van der Waals surface area contributed by atoms with Gasteiger partial charge in [0.05, 0.1) is 0 Å². The number of nitrogen functional groups attached to an aromatic ring is 1. The first-order valence-electron chi connectivity index (χ1n) is 5.67. The predicted molar refractivity (Wildman–Crippen MR) is 87.6 cm³/mol. The lowest BCUT2D eigenvalue weighted by molar-refractivity contribution is 1.07. The molecule has 8 heteroatoms. The fourth-order valence-electron chi connectivity index (χ4n) is 1.24. The van der Waals surface area contributed by atoms with E-state index in [0.29, 0.717) is 22.1 Å². The fraction of sp³-hybridized carbons (Fsp3) is 0.167. The third kappa shape index (κ3) is 4.47. The molecule has 0 bridgehead atoms. The second kappa shape index (κ2) is 8.05. The summed E-state index contributed by atoms with van der Waals surface area (Å²) in [6.45, 7) is 0. The highest BCUT2D eigenvalue weighted by atomic mass is 79.9. The van der Waals surface area contributed by atoms with Crippen molar-refractivity contribution >= 4 is 45.9 Å². The smallest absolute Gasteiger partial charge is 0.230 e. The zero-order valence-electron chi connectivity index (χ0n) is 11.2. The third-order valence-electron chi connectivity index (χ3n) is 2.14. The topological polar surface area (TPSA) is 103 Å². The summed E-state index contributed by atoms with van der Waals surface area (Å²) >= 11 is 3.35. The molecule has 1 aromatic rings. The van der Waals surface area contributed by atoms with Gasteiger partial charge in [0, 0.05) is 38.9 Å². The van der Waals surface area contributed by atoms with E-state index in [0.717, 1.165) is 0 Å². The normalized spacial score (nSPS) is 11.6. The van der Waals surface area contributed by atoms with E-state index in [1.54, 1.807) is 49.8 Å². The summed E-state index contributed by atoms with van der Waals surface area (Å²) in [6.07, 6.45) is 9.47. The largest absolute Gasteiger partial charge is 0.383 e. The van der Waals surface area contributed by atoms with Crippen LogP contribution < -0.4 is 16.0 Å². The van der Waals surface area contributed by atoms with Crippen molar-refractivity contribution in [3.8, 4) is 0 Å². The standard InChI is InChI=1S/C12H16BrN7/c1-16-6-4-7-17-12-18-10(15)9(13)11(19-12)20(2)8-3-5-14/h3-8,14H,1-2H3,(H3,15,17,18,19)/b7-4-,8-3-,14-5?,16-6?. The number of hydrogen-bond donors (Lipinski definition) is 3. The summed E-state index contributed by atoms with van der Waals surface area (Å²) in [5.41, 5.74) is 5.83. The van der Waals surface area contributed by atoms with E-state index in [1.807, 2.05) is 0 Å². The molecule has 0 atom stereocenters. The minimum absolute atomic E-state index is 0.324. The van der Waals surface area contributed by atoms with Gasteiger partial charge in [-0.2, -0.15) is 9.97 Å². The average Bonchev–Trinajstić information content (AvgIpc) is 2.44. The average molecular weight is 338 g/mol. The molecule has 0 aromatic carbocycles. The minimum atomic E-state index is 0.324. The molecule has 0 saturated carbocycles. The molecule has 20 heavy (non-hydrogen) atoms. The molecule has 1 rings (SSSR count). The Bertz CT molecular complexity index is 551. The Labute approximate surface area is 126 Å². The van der Waals surface area contributed by atoms with Crippen LogP contribution in [0.2, 0.25) is 0 Å². The quantitative estimate of drug-likeness (QED) is 0.689. The summed E-state index contributed by atoms with van der Waals surface area (Å²) in [6, 6.07) is 0. The molecule has 0 radical (unpaired) electrons. The Kier molecular flexibility index (Phi) is 6.38. The monoisotopic (exact) mass is 337 g/mol. The Morgan fingerprint density at radius 2 is 2.15 bits per heavy atom. The Balaban J connectivity index is 3.02. The van der Waals surface area contributed by atoms with Crippen molar-refractivity contribution in [1.29, 1.82) is 5.41 Å². The molecule has 0 spiro atoms. The van der Waals surface area contributed by atoms with Crippen molar-refractivity contribution in [2.24, 2.45) is 4.99 Å². The molecular formula is C12H16BrN7. The van der Waals surface area contributed by atoms with E-state index in [-0.39, 0.29) is 0 Å². The predicted octanol–water partition coefficient (Wildman–Crippen LogP) is 2.05. The Morgan fingerprint density at radius 1 is 1.40 bits per heavy atom. The molecule has 0 aliphatic heterocycles. The lowest BCUT2D eigenvalue weighted by atomic mass is 10.5. The van der Waals surface area contributed by atoms with Gasteiger partial charge in [0.1, 0.15) is 10.3 Å². The first-order valence-corrected chi connectivity index (χ1v) is 6.46. The van der Waals surface area contributed by atoms with Gasteiger partial charge in [-0.05, 0) is 28.1 Å². The molecule has 0 saturated heterocycles. The van der Waals surface area contributed by atoms with Crippen LogP contribution in [0.5, 0.6) is 0 Å². The van der Waals surface area contributed by atoms with E-state index in [9.17, 15) is 0 Å². The van der Waals surface area contributed by atoms with Crippen LogP contribution >= 0.6 is 15.9 Å². The molecule has 4 N–H and O–H groups in total. The second-order valence-corrected chi connectivity index (χ2v) is 4.39. The number of rotatable bonds is 6. The highest BCUT2D eigenvalue weighted by Gasteiger charge is 2.12. The maximum Gasteiger partial charge on any atom is 0.230 e. The highest BCUT2D eigenvalue weighted by molar-refractivity contribution is 9.10. The van der Waals surface area contributed by atoms with E-state index < -0.39 is 0 Å². The number of allylic oxidation sites excluding steroid dienone is 2. The van der Waals surface area contributed by atoms with Crippen LogP contribution in [0.1, 0.15) is 0 Å². The van der Waals surface area contributed by atoms with Crippen LogP contribution in [0.3, 0.4) is 0 Å². The lowest BCUT2D eigenvalue weighted by Gasteiger charge is -2.16. The van der Waals surface area contributed by atoms with Gasteiger partial charge in [0.15, 0.2) is 5.82 Å². The van der Waals surface area contributed by atoms with Gasteiger partial charge in [-0.25, -0.2) is 0 Å². The number of nitrogens with one attached hydrogen (secondary N) is 2. The van der Waals surface area contributed by atoms with Crippen molar-refractivity contribution in [3.63, 3.8) is 0 Å². The maximum atomic E-state index is 6.99.